The molecule has 2 aromatic carbocycles. The van der Waals surface area contributed by atoms with Crippen LogP contribution in [-0.4, -0.2) is 29.4 Å². The molecule has 1 atom stereocenters. The van der Waals surface area contributed by atoms with Gasteiger partial charge in [0.1, 0.15) is 6.04 Å². The second-order valence-electron chi connectivity index (χ2n) is 7.05. The van der Waals surface area contributed by atoms with Crippen molar-refractivity contribution in [3.63, 3.8) is 0 Å². The highest BCUT2D eigenvalue weighted by molar-refractivity contribution is 7.89. The minimum absolute atomic E-state index is 0.310. The summed E-state index contributed by atoms with van der Waals surface area (Å²) in [5.74, 6) is 1.53. The average Bonchev–Trinajstić information content (AvgIpc) is 3.19. The van der Waals surface area contributed by atoms with E-state index in [0.29, 0.717) is 29.7 Å². The van der Waals surface area contributed by atoms with E-state index in [1.54, 1.807) is 12.1 Å². The van der Waals surface area contributed by atoms with E-state index in [0.717, 1.165) is 35.9 Å². The van der Waals surface area contributed by atoms with Crippen molar-refractivity contribution in [3.8, 4) is 0 Å². The molecule has 1 aliphatic carbocycles. The van der Waals surface area contributed by atoms with Crippen LogP contribution in [-0.2, 0) is 10.0 Å². The van der Waals surface area contributed by atoms with Gasteiger partial charge in [-0.15, -0.1) is 0 Å². The number of sulfonamides is 1. The van der Waals surface area contributed by atoms with E-state index < -0.39 is 10.0 Å². The van der Waals surface area contributed by atoms with Gasteiger partial charge in [-0.25, -0.2) is 8.42 Å². The second-order valence-corrected chi connectivity index (χ2v) is 8.94. The fourth-order valence-corrected chi connectivity index (χ4v) is 5.31. The number of benzene rings is 2. The SMILES string of the molecule is O=S(=O)(c1ccc2ccccc2c1)N1CCCC1c1nc(C2CC2)no1. The predicted molar refractivity (Wildman–Crippen MR) is 96.1 cm³/mol. The highest BCUT2D eigenvalue weighted by Crippen LogP contribution is 2.41. The summed E-state index contributed by atoms with van der Waals surface area (Å²) >= 11 is 0. The molecule has 26 heavy (non-hydrogen) atoms. The zero-order chi connectivity index (χ0) is 17.7. The lowest BCUT2D eigenvalue weighted by molar-refractivity contribution is 0.289. The van der Waals surface area contributed by atoms with E-state index in [2.05, 4.69) is 10.1 Å². The number of fused-ring (bicyclic) bond motifs is 1. The van der Waals surface area contributed by atoms with Crippen molar-refractivity contribution in [2.75, 3.05) is 6.54 Å². The van der Waals surface area contributed by atoms with Gasteiger partial charge >= 0.3 is 0 Å². The van der Waals surface area contributed by atoms with Crippen molar-refractivity contribution in [1.29, 1.82) is 0 Å². The Morgan fingerprint density at radius 3 is 2.65 bits per heavy atom. The van der Waals surface area contributed by atoms with Crippen molar-refractivity contribution >= 4 is 20.8 Å². The van der Waals surface area contributed by atoms with Crippen LogP contribution in [0, 0.1) is 0 Å². The topological polar surface area (TPSA) is 76.3 Å². The van der Waals surface area contributed by atoms with Gasteiger partial charge in [0.2, 0.25) is 15.9 Å². The largest absolute Gasteiger partial charge is 0.338 e. The standard InChI is InChI=1S/C19H19N3O3S/c23-26(24,16-10-9-13-4-1-2-5-15(13)12-16)22-11-3-6-17(22)19-20-18(21-25-19)14-7-8-14/h1-2,4-5,9-10,12,14,17H,3,6-8,11H2. The van der Waals surface area contributed by atoms with Gasteiger partial charge in [0.05, 0.1) is 4.90 Å². The van der Waals surface area contributed by atoms with E-state index in [9.17, 15) is 8.42 Å². The maximum absolute atomic E-state index is 13.3. The third-order valence-electron chi connectivity index (χ3n) is 5.22. The summed E-state index contributed by atoms with van der Waals surface area (Å²) in [7, 11) is -3.62. The molecular formula is C19H19N3O3S. The Balaban J connectivity index is 1.50. The average molecular weight is 369 g/mol. The smallest absolute Gasteiger partial charge is 0.245 e. The fourth-order valence-electron chi connectivity index (χ4n) is 3.63. The number of nitrogens with zero attached hydrogens (tertiary/aromatic N) is 3. The van der Waals surface area contributed by atoms with Gasteiger partial charge in [0, 0.05) is 12.5 Å². The lowest BCUT2D eigenvalue weighted by Gasteiger charge is -2.21. The van der Waals surface area contributed by atoms with Crippen LogP contribution in [0.1, 0.15) is 49.4 Å². The highest BCUT2D eigenvalue weighted by Gasteiger charge is 2.40. The minimum atomic E-state index is -3.62. The highest BCUT2D eigenvalue weighted by atomic mass is 32.2. The molecule has 0 N–H and O–H groups in total. The van der Waals surface area contributed by atoms with Gasteiger partial charge < -0.3 is 4.52 Å². The molecule has 0 radical (unpaired) electrons. The van der Waals surface area contributed by atoms with E-state index >= 15 is 0 Å². The van der Waals surface area contributed by atoms with Crippen LogP contribution in [0.25, 0.3) is 10.8 Å². The molecule has 5 rings (SSSR count). The zero-order valence-electron chi connectivity index (χ0n) is 14.2. The quantitative estimate of drug-likeness (QED) is 0.702. The first-order valence-corrected chi connectivity index (χ1v) is 10.4. The maximum Gasteiger partial charge on any atom is 0.245 e. The number of hydrogen-bond donors (Lipinski definition) is 0. The van der Waals surface area contributed by atoms with Crippen LogP contribution in [0.15, 0.2) is 51.9 Å². The second kappa shape index (κ2) is 5.89. The summed E-state index contributed by atoms with van der Waals surface area (Å²) in [6.07, 6.45) is 3.67. The molecule has 0 amide bonds. The number of hydrogen-bond acceptors (Lipinski definition) is 5. The summed E-state index contributed by atoms with van der Waals surface area (Å²) < 4.78 is 33.4. The maximum atomic E-state index is 13.3. The summed E-state index contributed by atoms with van der Waals surface area (Å²) in [6, 6.07) is 12.7. The molecular weight excluding hydrogens is 350 g/mol. The van der Waals surface area contributed by atoms with E-state index in [4.69, 9.17) is 4.52 Å². The Bertz CT molecular complexity index is 1070. The van der Waals surface area contributed by atoms with E-state index in [-0.39, 0.29) is 6.04 Å². The molecule has 1 saturated heterocycles. The van der Waals surface area contributed by atoms with Crippen LogP contribution in [0.3, 0.4) is 0 Å². The first-order valence-electron chi connectivity index (χ1n) is 8.97. The molecule has 1 unspecified atom stereocenters. The Labute approximate surface area is 151 Å². The lowest BCUT2D eigenvalue weighted by Crippen LogP contribution is -2.30. The normalized spacial score (nSPS) is 21.5. The first kappa shape index (κ1) is 16.0. The third-order valence-corrected chi connectivity index (χ3v) is 7.12. The van der Waals surface area contributed by atoms with Crippen molar-refractivity contribution in [2.45, 2.75) is 42.5 Å². The van der Waals surface area contributed by atoms with Crippen molar-refractivity contribution in [3.05, 3.63) is 54.2 Å². The van der Waals surface area contributed by atoms with E-state index in [1.165, 1.54) is 4.31 Å². The molecule has 1 aliphatic heterocycles. The van der Waals surface area contributed by atoms with Gasteiger partial charge in [0.25, 0.3) is 0 Å². The van der Waals surface area contributed by atoms with Crippen LogP contribution >= 0.6 is 0 Å². The molecule has 7 heteroatoms. The molecule has 2 aliphatic rings. The third kappa shape index (κ3) is 2.62. The summed E-state index contributed by atoms with van der Waals surface area (Å²) in [4.78, 5) is 4.79. The van der Waals surface area contributed by atoms with Crippen LogP contribution < -0.4 is 0 Å². The zero-order valence-corrected chi connectivity index (χ0v) is 15.0. The Morgan fingerprint density at radius 1 is 1.04 bits per heavy atom. The van der Waals surface area contributed by atoms with Crippen LogP contribution in [0.4, 0.5) is 0 Å². The fraction of sp³-hybridized carbons (Fsp3) is 0.368. The van der Waals surface area contributed by atoms with E-state index in [1.807, 2.05) is 30.3 Å². The summed E-state index contributed by atoms with van der Waals surface area (Å²) in [5.41, 5.74) is 0. The minimum Gasteiger partial charge on any atom is -0.338 e. The molecule has 1 saturated carbocycles. The molecule has 2 heterocycles. The molecule has 134 valence electrons. The number of rotatable bonds is 4. The summed E-state index contributed by atoms with van der Waals surface area (Å²) in [6.45, 7) is 0.473. The van der Waals surface area contributed by atoms with Crippen molar-refractivity contribution in [1.82, 2.24) is 14.4 Å². The van der Waals surface area contributed by atoms with Crippen molar-refractivity contribution in [2.24, 2.45) is 0 Å². The van der Waals surface area contributed by atoms with Gasteiger partial charge in [0.15, 0.2) is 5.82 Å². The Hall–Kier alpha value is -2.25. The molecule has 1 aromatic heterocycles. The Kier molecular flexibility index (Phi) is 3.62. The molecule has 6 nitrogen and oxygen atoms in total. The van der Waals surface area contributed by atoms with Gasteiger partial charge in [-0.1, -0.05) is 35.5 Å². The van der Waals surface area contributed by atoms with Crippen LogP contribution in [0.5, 0.6) is 0 Å². The lowest BCUT2D eigenvalue weighted by atomic mass is 10.1. The molecule has 3 aromatic rings. The summed E-state index contributed by atoms with van der Waals surface area (Å²) in [5, 5.41) is 5.98. The first-order chi connectivity index (χ1) is 12.6. The van der Waals surface area contributed by atoms with Gasteiger partial charge in [-0.05, 0) is 48.6 Å². The molecule has 0 bridgehead atoms. The van der Waals surface area contributed by atoms with Crippen LogP contribution in [0.2, 0.25) is 0 Å². The van der Waals surface area contributed by atoms with Gasteiger partial charge in [-0.3, -0.25) is 0 Å². The van der Waals surface area contributed by atoms with Gasteiger partial charge in [-0.2, -0.15) is 9.29 Å². The Morgan fingerprint density at radius 2 is 1.85 bits per heavy atom. The van der Waals surface area contributed by atoms with Crippen molar-refractivity contribution < 1.29 is 12.9 Å². The monoisotopic (exact) mass is 369 g/mol. The molecule has 0 spiro atoms. The number of aromatic nitrogens is 2. The predicted octanol–water partition coefficient (Wildman–Crippen LogP) is 3.63. The molecule has 2 fully saturated rings.